The van der Waals surface area contributed by atoms with Crippen LogP contribution < -0.4 is 10.8 Å². The van der Waals surface area contributed by atoms with Gasteiger partial charge in [-0.25, -0.2) is 9.37 Å². The number of carboxylic acid groups (broad SMARTS) is 1. The topological polar surface area (TPSA) is 99.5 Å². The Balaban J connectivity index is 2.29. The molecule has 112 valence electrons. The highest BCUT2D eigenvalue weighted by Gasteiger charge is 2.15. The molecule has 1 amide bonds. The maximum atomic E-state index is 13.4. The summed E-state index contributed by atoms with van der Waals surface area (Å²) in [5, 5.41) is 20.4. The molecule has 2 rings (SSSR count). The van der Waals surface area contributed by atoms with Gasteiger partial charge in [0.2, 0.25) is 0 Å². The number of aromatic hydroxyl groups is 1. The molecule has 22 heavy (non-hydrogen) atoms. The molecular formula is C14H12BFN2O4. The summed E-state index contributed by atoms with van der Waals surface area (Å²) in [6.45, 7) is -0.579. The summed E-state index contributed by atoms with van der Waals surface area (Å²) < 4.78 is 13.4. The van der Waals surface area contributed by atoms with Gasteiger partial charge in [0, 0.05) is 11.8 Å². The fourth-order valence-corrected chi connectivity index (χ4v) is 1.93. The van der Waals surface area contributed by atoms with Crippen LogP contribution in [0.2, 0.25) is 0 Å². The number of amides is 1. The minimum absolute atomic E-state index is 0.293. The van der Waals surface area contributed by atoms with Crippen LogP contribution in [0.4, 0.5) is 4.39 Å². The Bertz CT molecular complexity index is 731. The van der Waals surface area contributed by atoms with Crippen molar-refractivity contribution >= 4 is 25.2 Å². The number of rotatable bonds is 4. The molecule has 0 bridgehead atoms. The van der Waals surface area contributed by atoms with Crippen molar-refractivity contribution in [1.29, 1.82) is 0 Å². The molecule has 8 heteroatoms. The van der Waals surface area contributed by atoms with Gasteiger partial charge in [0.05, 0.1) is 0 Å². The summed E-state index contributed by atoms with van der Waals surface area (Å²) in [5.41, 5.74) is 1.36. The molecule has 0 saturated carbocycles. The van der Waals surface area contributed by atoms with E-state index in [1.807, 2.05) is 0 Å². The minimum atomic E-state index is -1.21. The van der Waals surface area contributed by atoms with Crippen molar-refractivity contribution < 1.29 is 24.2 Å². The Kier molecular flexibility index (Phi) is 4.40. The lowest BCUT2D eigenvalue weighted by molar-refractivity contribution is -0.135. The molecule has 0 spiro atoms. The highest BCUT2D eigenvalue weighted by Crippen LogP contribution is 2.24. The van der Waals surface area contributed by atoms with E-state index in [2.05, 4.69) is 10.3 Å². The Labute approximate surface area is 126 Å². The van der Waals surface area contributed by atoms with Crippen LogP contribution in [0.25, 0.3) is 11.1 Å². The number of hydrogen-bond acceptors (Lipinski definition) is 4. The SMILES string of the molecule is Bc1cc(F)cc(-c2cnc(C(=O)NCC(=O)O)c(O)c2)c1. The van der Waals surface area contributed by atoms with Crippen LogP contribution in [0.3, 0.4) is 0 Å². The monoisotopic (exact) mass is 302 g/mol. The highest BCUT2D eigenvalue weighted by molar-refractivity contribution is 6.32. The average molecular weight is 302 g/mol. The van der Waals surface area contributed by atoms with E-state index >= 15 is 0 Å². The standard InChI is InChI=1S/C14H12BFN2O4/c15-9-1-7(2-10(16)4-9)8-3-11(19)13(17-5-8)14(22)18-6-12(20)21/h1-5,19H,6,15H2,(H,18,22)(H,20,21). The van der Waals surface area contributed by atoms with Crippen LogP contribution in [0, 0.1) is 5.82 Å². The van der Waals surface area contributed by atoms with E-state index in [9.17, 15) is 19.1 Å². The summed E-state index contributed by atoms with van der Waals surface area (Å²) >= 11 is 0. The predicted molar refractivity (Wildman–Crippen MR) is 79.4 cm³/mol. The molecular weight excluding hydrogens is 290 g/mol. The number of halogens is 1. The zero-order valence-corrected chi connectivity index (χ0v) is 11.6. The van der Waals surface area contributed by atoms with Crippen LogP contribution in [0.15, 0.2) is 30.5 Å². The zero-order chi connectivity index (χ0) is 16.3. The molecule has 0 aliphatic carbocycles. The lowest BCUT2D eigenvalue weighted by Crippen LogP contribution is -2.29. The van der Waals surface area contributed by atoms with Crippen molar-refractivity contribution in [3.05, 3.63) is 42.0 Å². The van der Waals surface area contributed by atoms with Crippen molar-refractivity contribution in [2.24, 2.45) is 0 Å². The summed E-state index contributed by atoms with van der Waals surface area (Å²) in [6, 6.07) is 5.64. The van der Waals surface area contributed by atoms with Crippen molar-refractivity contribution in [1.82, 2.24) is 10.3 Å². The lowest BCUT2D eigenvalue weighted by Gasteiger charge is -2.08. The number of benzene rings is 1. The van der Waals surface area contributed by atoms with Crippen LogP contribution in [0.5, 0.6) is 5.75 Å². The number of hydrogen-bond donors (Lipinski definition) is 3. The summed E-state index contributed by atoms with van der Waals surface area (Å²) in [5.74, 6) is -2.85. The van der Waals surface area contributed by atoms with E-state index in [4.69, 9.17) is 5.11 Å². The van der Waals surface area contributed by atoms with E-state index < -0.39 is 30.0 Å². The first kappa shape index (κ1) is 15.5. The van der Waals surface area contributed by atoms with Gasteiger partial charge in [0.25, 0.3) is 5.91 Å². The van der Waals surface area contributed by atoms with Gasteiger partial charge in [-0.3, -0.25) is 9.59 Å². The summed E-state index contributed by atoms with van der Waals surface area (Å²) in [4.78, 5) is 25.9. The Morgan fingerprint density at radius 2 is 1.95 bits per heavy atom. The maximum Gasteiger partial charge on any atom is 0.322 e. The van der Waals surface area contributed by atoms with E-state index in [1.54, 1.807) is 13.9 Å². The van der Waals surface area contributed by atoms with Crippen LogP contribution >= 0.6 is 0 Å². The molecule has 2 aromatic rings. The summed E-state index contributed by atoms with van der Waals surface area (Å²) in [6.07, 6.45) is 1.31. The molecule has 0 fully saturated rings. The minimum Gasteiger partial charge on any atom is -0.505 e. The van der Waals surface area contributed by atoms with Gasteiger partial charge in [0.1, 0.15) is 26.0 Å². The van der Waals surface area contributed by atoms with Gasteiger partial charge in [-0.15, -0.1) is 0 Å². The fraction of sp³-hybridized carbons (Fsp3) is 0.0714. The van der Waals surface area contributed by atoms with Crippen molar-refractivity contribution in [2.45, 2.75) is 0 Å². The third kappa shape index (κ3) is 3.60. The lowest BCUT2D eigenvalue weighted by atomic mass is 9.92. The molecule has 0 radical (unpaired) electrons. The molecule has 1 aromatic carbocycles. The molecule has 0 atom stereocenters. The first-order chi connectivity index (χ1) is 10.4. The largest absolute Gasteiger partial charge is 0.505 e. The number of aliphatic carboxylic acids is 1. The molecule has 0 saturated heterocycles. The first-order valence-corrected chi connectivity index (χ1v) is 6.33. The second kappa shape index (κ2) is 6.25. The van der Waals surface area contributed by atoms with E-state index in [1.165, 1.54) is 24.4 Å². The quantitative estimate of drug-likeness (QED) is 0.671. The smallest absolute Gasteiger partial charge is 0.322 e. The van der Waals surface area contributed by atoms with Crippen LogP contribution in [-0.4, -0.2) is 41.5 Å². The van der Waals surface area contributed by atoms with E-state index in [0.717, 1.165) is 0 Å². The summed E-state index contributed by atoms with van der Waals surface area (Å²) in [7, 11) is 1.73. The second-order valence-electron chi connectivity index (χ2n) is 4.69. The zero-order valence-electron chi connectivity index (χ0n) is 11.6. The Morgan fingerprint density at radius 1 is 1.23 bits per heavy atom. The third-order valence-corrected chi connectivity index (χ3v) is 2.86. The molecule has 0 aliphatic rings. The second-order valence-corrected chi connectivity index (χ2v) is 4.69. The molecule has 1 heterocycles. The first-order valence-electron chi connectivity index (χ1n) is 6.33. The molecule has 0 aliphatic heterocycles. The van der Waals surface area contributed by atoms with Gasteiger partial charge in [0.15, 0.2) is 5.69 Å². The Hall–Kier alpha value is -2.90. The number of carbonyl (C=O) groups excluding carboxylic acids is 1. The molecule has 3 N–H and O–H groups in total. The van der Waals surface area contributed by atoms with E-state index in [-0.39, 0.29) is 5.69 Å². The van der Waals surface area contributed by atoms with Crippen molar-refractivity contribution in [3.8, 4) is 16.9 Å². The normalized spacial score (nSPS) is 10.2. The molecule has 1 aromatic heterocycles. The van der Waals surface area contributed by atoms with Crippen LogP contribution in [-0.2, 0) is 4.79 Å². The van der Waals surface area contributed by atoms with Gasteiger partial charge >= 0.3 is 5.97 Å². The number of carbonyl (C=O) groups is 2. The van der Waals surface area contributed by atoms with Gasteiger partial charge in [-0.2, -0.15) is 0 Å². The van der Waals surface area contributed by atoms with Crippen molar-refractivity contribution in [2.75, 3.05) is 6.54 Å². The Morgan fingerprint density at radius 3 is 2.55 bits per heavy atom. The molecule has 6 nitrogen and oxygen atoms in total. The third-order valence-electron chi connectivity index (χ3n) is 2.86. The number of carboxylic acids is 1. The predicted octanol–water partition coefficient (Wildman–Crippen LogP) is -0.334. The molecule has 0 unspecified atom stereocenters. The number of pyridine rings is 1. The van der Waals surface area contributed by atoms with Crippen molar-refractivity contribution in [3.63, 3.8) is 0 Å². The number of nitrogens with one attached hydrogen (secondary N) is 1. The highest BCUT2D eigenvalue weighted by atomic mass is 19.1. The maximum absolute atomic E-state index is 13.4. The number of aromatic nitrogens is 1. The fourth-order valence-electron chi connectivity index (χ4n) is 1.93. The average Bonchev–Trinajstić information content (AvgIpc) is 2.43. The van der Waals surface area contributed by atoms with Gasteiger partial charge in [-0.05, 0) is 23.8 Å². The number of nitrogens with zero attached hydrogens (tertiary/aromatic N) is 1. The van der Waals surface area contributed by atoms with Gasteiger partial charge < -0.3 is 15.5 Å². The van der Waals surface area contributed by atoms with Crippen LogP contribution in [0.1, 0.15) is 10.5 Å². The van der Waals surface area contributed by atoms with E-state index in [0.29, 0.717) is 16.6 Å². The van der Waals surface area contributed by atoms with Gasteiger partial charge in [-0.1, -0.05) is 11.5 Å².